The van der Waals surface area contributed by atoms with Crippen LogP contribution in [0.5, 0.6) is 0 Å². The fourth-order valence-electron chi connectivity index (χ4n) is 4.36. The minimum absolute atomic E-state index is 0.0294. The second-order valence-corrected chi connectivity index (χ2v) is 6.98. The third-order valence-corrected chi connectivity index (χ3v) is 5.70. The average molecular weight is 323 g/mol. The number of pyridine rings is 1. The Hall–Kier alpha value is -2.21. The van der Waals surface area contributed by atoms with E-state index in [4.69, 9.17) is 0 Å². The highest BCUT2D eigenvalue weighted by molar-refractivity contribution is 5.84. The van der Waals surface area contributed by atoms with Gasteiger partial charge in [-0.05, 0) is 43.4 Å². The van der Waals surface area contributed by atoms with E-state index in [1.807, 2.05) is 23.4 Å². The molecular weight excluding hydrogens is 302 g/mol. The van der Waals surface area contributed by atoms with Crippen LogP contribution in [0.4, 0.5) is 4.79 Å². The molecule has 3 saturated heterocycles. The number of carbonyl (C=O) groups is 1. The quantitative estimate of drug-likeness (QED) is 0.742. The molecule has 4 aliphatic rings. The van der Waals surface area contributed by atoms with Crippen LogP contribution < -0.4 is 0 Å². The molecule has 6 nitrogen and oxygen atoms in total. The maximum Gasteiger partial charge on any atom is 0.345 e. The Bertz CT molecular complexity index is 790. The van der Waals surface area contributed by atoms with Crippen molar-refractivity contribution in [2.24, 2.45) is 0 Å². The van der Waals surface area contributed by atoms with Crippen molar-refractivity contribution in [3.8, 4) is 11.3 Å². The van der Waals surface area contributed by atoms with Crippen LogP contribution >= 0.6 is 0 Å². The summed E-state index contributed by atoms with van der Waals surface area (Å²) in [5, 5.41) is 4.47. The first-order chi connectivity index (χ1) is 11.8. The van der Waals surface area contributed by atoms with Gasteiger partial charge in [-0.25, -0.2) is 4.79 Å². The monoisotopic (exact) mass is 323 g/mol. The van der Waals surface area contributed by atoms with E-state index >= 15 is 0 Å². The van der Waals surface area contributed by atoms with Gasteiger partial charge in [0, 0.05) is 44.0 Å². The van der Waals surface area contributed by atoms with Crippen molar-refractivity contribution in [1.29, 1.82) is 0 Å². The van der Waals surface area contributed by atoms with E-state index in [0.717, 1.165) is 74.4 Å². The Morgan fingerprint density at radius 3 is 2.88 bits per heavy atom. The zero-order valence-electron chi connectivity index (χ0n) is 13.7. The molecule has 3 fully saturated rings. The number of carbonyl (C=O) groups excluding carboxylic acids is 1. The summed E-state index contributed by atoms with van der Waals surface area (Å²) in [6.45, 7) is 4.00. The normalized spacial score (nSPS) is 25.1. The molecule has 0 atom stereocenters. The molecule has 6 heteroatoms. The van der Waals surface area contributed by atoms with Crippen molar-refractivity contribution in [3.05, 3.63) is 35.8 Å². The van der Waals surface area contributed by atoms with Gasteiger partial charge in [-0.2, -0.15) is 9.78 Å². The summed E-state index contributed by atoms with van der Waals surface area (Å²) in [5.41, 5.74) is 4.25. The van der Waals surface area contributed by atoms with Crippen LogP contribution in [-0.2, 0) is 12.8 Å². The second-order valence-electron chi connectivity index (χ2n) is 6.98. The first kappa shape index (κ1) is 14.2. The third-order valence-electron chi connectivity index (χ3n) is 5.70. The van der Waals surface area contributed by atoms with E-state index in [9.17, 15) is 4.79 Å². The minimum atomic E-state index is 0.0294. The molecular formula is C18H21N5O. The van der Waals surface area contributed by atoms with E-state index in [1.165, 1.54) is 0 Å². The highest BCUT2D eigenvalue weighted by atomic mass is 16.2. The first-order valence-corrected chi connectivity index (χ1v) is 8.86. The molecule has 2 aromatic heterocycles. The molecule has 1 aliphatic carbocycles. The van der Waals surface area contributed by atoms with Crippen molar-refractivity contribution in [3.63, 3.8) is 0 Å². The van der Waals surface area contributed by atoms with Crippen LogP contribution in [0, 0.1) is 0 Å². The Kier molecular flexibility index (Phi) is 3.19. The minimum Gasteiger partial charge on any atom is -0.318 e. The first-order valence-electron chi connectivity index (χ1n) is 8.86. The number of fused-ring (bicyclic) bond motifs is 7. The molecule has 2 aromatic rings. The number of piperidine rings is 1. The van der Waals surface area contributed by atoms with E-state index in [0.29, 0.717) is 6.04 Å². The molecule has 6 rings (SSSR count). The molecule has 124 valence electrons. The van der Waals surface area contributed by atoms with Crippen LogP contribution in [0.15, 0.2) is 24.5 Å². The summed E-state index contributed by atoms with van der Waals surface area (Å²) in [7, 11) is 0. The number of hydrogen-bond acceptors (Lipinski definition) is 4. The van der Waals surface area contributed by atoms with Gasteiger partial charge in [-0.15, -0.1) is 0 Å². The SMILES string of the molecule is O=C(N1CCN2CCC1CC2)n1ncc2c1-c1cccnc1CC2. The number of hydrogen-bond donors (Lipinski definition) is 0. The molecule has 0 N–H and O–H groups in total. The summed E-state index contributed by atoms with van der Waals surface area (Å²) in [6, 6.07) is 4.39. The maximum atomic E-state index is 13.3. The van der Waals surface area contributed by atoms with Gasteiger partial charge in [0.05, 0.1) is 17.6 Å². The molecule has 3 aliphatic heterocycles. The van der Waals surface area contributed by atoms with Gasteiger partial charge in [-0.1, -0.05) is 0 Å². The summed E-state index contributed by atoms with van der Waals surface area (Å²) in [6.07, 6.45) is 7.67. The summed E-state index contributed by atoms with van der Waals surface area (Å²) >= 11 is 0. The third kappa shape index (κ3) is 2.09. The smallest absolute Gasteiger partial charge is 0.318 e. The van der Waals surface area contributed by atoms with Gasteiger partial charge < -0.3 is 9.80 Å². The van der Waals surface area contributed by atoms with E-state index in [1.54, 1.807) is 4.68 Å². The van der Waals surface area contributed by atoms with Crippen molar-refractivity contribution in [2.45, 2.75) is 31.7 Å². The zero-order valence-corrected chi connectivity index (χ0v) is 13.7. The van der Waals surface area contributed by atoms with Crippen LogP contribution in [0.2, 0.25) is 0 Å². The topological polar surface area (TPSA) is 54.3 Å². The molecule has 0 radical (unpaired) electrons. The number of aryl methyl sites for hydroxylation is 2. The van der Waals surface area contributed by atoms with Gasteiger partial charge in [0.1, 0.15) is 0 Å². The second kappa shape index (κ2) is 5.41. The van der Waals surface area contributed by atoms with E-state index in [-0.39, 0.29) is 6.03 Å². The molecule has 0 aromatic carbocycles. The molecule has 2 bridgehead atoms. The lowest BCUT2D eigenvalue weighted by molar-refractivity contribution is 0.169. The van der Waals surface area contributed by atoms with Gasteiger partial charge >= 0.3 is 6.03 Å². The Morgan fingerprint density at radius 2 is 2.00 bits per heavy atom. The molecule has 0 spiro atoms. The molecule has 0 unspecified atom stereocenters. The predicted octanol–water partition coefficient (Wildman–Crippen LogP) is 1.79. The Labute approximate surface area is 141 Å². The number of aromatic nitrogens is 3. The number of nitrogens with zero attached hydrogens (tertiary/aromatic N) is 5. The standard InChI is InChI=1S/C18H21N5O/c24-18(22-11-10-21-8-5-14(22)6-9-21)23-17-13(12-20-23)3-4-16-15(17)2-1-7-19-16/h1-2,7,12,14H,3-6,8-11H2. The van der Waals surface area contributed by atoms with Crippen molar-refractivity contribution >= 4 is 6.03 Å². The lowest BCUT2D eigenvalue weighted by Gasteiger charge is -2.31. The van der Waals surface area contributed by atoms with Crippen molar-refractivity contribution in [1.82, 2.24) is 24.6 Å². The highest BCUT2D eigenvalue weighted by Crippen LogP contribution is 2.33. The Morgan fingerprint density at radius 1 is 1.12 bits per heavy atom. The number of rotatable bonds is 0. The predicted molar refractivity (Wildman–Crippen MR) is 89.8 cm³/mol. The van der Waals surface area contributed by atoms with Gasteiger partial charge in [-0.3, -0.25) is 4.98 Å². The zero-order chi connectivity index (χ0) is 16.1. The average Bonchev–Trinajstić information content (AvgIpc) is 2.85. The molecule has 0 saturated carbocycles. The van der Waals surface area contributed by atoms with Crippen LogP contribution in [0.1, 0.15) is 24.1 Å². The fourth-order valence-corrected chi connectivity index (χ4v) is 4.36. The Balaban J connectivity index is 1.55. The van der Waals surface area contributed by atoms with E-state index in [2.05, 4.69) is 21.0 Å². The fraction of sp³-hybridized carbons (Fsp3) is 0.500. The number of amides is 1. The van der Waals surface area contributed by atoms with Crippen molar-refractivity contribution in [2.75, 3.05) is 26.2 Å². The largest absolute Gasteiger partial charge is 0.345 e. The van der Waals surface area contributed by atoms with Gasteiger partial charge in [0.15, 0.2) is 0 Å². The van der Waals surface area contributed by atoms with Gasteiger partial charge in [0.2, 0.25) is 0 Å². The lowest BCUT2D eigenvalue weighted by atomic mass is 9.94. The lowest BCUT2D eigenvalue weighted by Crippen LogP contribution is -2.44. The van der Waals surface area contributed by atoms with Crippen LogP contribution in [-0.4, -0.2) is 62.8 Å². The summed E-state index contributed by atoms with van der Waals surface area (Å²) in [4.78, 5) is 22.3. The molecule has 5 heterocycles. The van der Waals surface area contributed by atoms with Crippen LogP contribution in [0.3, 0.4) is 0 Å². The maximum absolute atomic E-state index is 13.3. The van der Waals surface area contributed by atoms with Crippen molar-refractivity contribution < 1.29 is 4.79 Å². The molecule has 1 amide bonds. The van der Waals surface area contributed by atoms with Crippen LogP contribution in [0.25, 0.3) is 11.3 Å². The molecule has 24 heavy (non-hydrogen) atoms. The van der Waals surface area contributed by atoms with E-state index < -0.39 is 0 Å². The summed E-state index contributed by atoms with van der Waals surface area (Å²) in [5.74, 6) is 0. The van der Waals surface area contributed by atoms with Gasteiger partial charge in [0.25, 0.3) is 0 Å². The highest BCUT2D eigenvalue weighted by Gasteiger charge is 2.34. The summed E-state index contributed by atoms with van der Waals surface area (Å²) < 4.78 is 1.63.